The van der Waals surface area contributed by atoms with E-state index >= 15 is 0 Å². The van der Waals surface area contributed by atoms with Crippen molar-refractivity contribution in [3.05, 3.63) is 83.2 Å². The van der Waals surface area contributed by atoms with Crippen molar-refractivity contribution < 1.29 is 23.0 Å². The summed E-state index contributed by atoms with van der Waals surface area (Å²) in [5.74, 6) is -0.0812. The molecule has 0 saturated carbocycles. The number of ether oxygens (including phenoxy) is 2. The molecule has 9 nitrogen and oxygen atoms in total. The molecule has 0 saturated heterocycles. The van der Waals surface area contributed by atoms with Gasteiger partial charge in [0.05, 0.1) is 19.1 Å². The van der Waals surface area contributed by atoms with Gasteiger partial charge >= 0.3 is 0 Å². The zero-order valence-electron chi connectivity index (χ0n) is 20.7. The van der Waals surface area contributed by atoms with Crippen LogP contribution in [-0.4, -0.2) is 42.3 Å². The molecule has 1 N–H and O–H groups in total. The molecule has 0 aliphatic heterocycles. The smallest absolute Gasteiger partial charge is 0.281 e. The summed E-state index contributed by atoms with van der Waals surface area (Å²) >= 11 is 0. The zero-order valence-corrected chi connectivity index (χ0v) is 21.5. The molecule has 2 aromatic carbocycles. The van der Waals surface area contributed by atoms with E-state index in [0.29, 0.717) is 12.8 Å². The highest BCUT2D eigenvalue weighted by molar-refractivity contribution is 7.91. The zero-order chi connectivity index (χ0) is 26.6. The topological polar surface area (TPSA) is 121 Å². The monoisotopic (exact) mass is 521 g/mol. The van der Waals surface area contributed by atoms with Crippen LogP contribution in [0.25, 0.3) is 16.8 Å². The first-order valence-corrected chi connectivity index (χ1v) is 13.1. The van der Waals surface area contributed by atoms with Gasteiger partial charge in [-0.05, 0) is 47.9 Å². The van der Waals surface area contributed by atoms with Gasteiger partial charge in [-0.1, -0.05) is 37.6 Å². The van der Waals surface area contributed by atoms with Gasteiger partial charge in [0.2, 0.25) is 15.7 Å². The lowest BCUT2D eigenvalue weighted by Crippen LogP contribution is -2.29. The molecule has 0 unspecified atom stereocenters. The van der Waals surface area contributed by atoms with Gasteiger partial charge in [0, 0.05) is 18.8 Å². The number of para-hydroxylation sites is 1. The van der Waals surface area contributed by atoms with E-state index in [-0.39, 0.29) is 27.9 Å². The van der Waals surface area contributed by atoms with Crippen LogP contribution in [-0.2, 0) is 16.3 Å². The number of aryl methyl sites for hydroxylation is 1. The average molecular weight is 522 g/mol. The van der Waals surface area contributed by atoms with Crippen LogP contribution in [0, 0.1) is 0 Å². The molecular formula is C27H27N3O6S. The second kappa shape index (κ2) is 10.8. The maximum atomic E-state index is 13.9. The van der Waals surface area contributed by atoms with Gasteiger partial charge in [-0.3, -0.25) is 14.3 Å². The Morgan fingerprint density at radius 2 is 1.62 bits per heavy atom. The van der Waals surface area contributed by atoms with E-state index in [1.165, 1.54) is 26.4 Å². The first-order valence-electron chi connectivity index (χ1n) is 11.6. The molecule has 0 aliphatic rings. The fraction of sp³-hybridized carbons (Fsp3) is 0.222. The number of aromatic hydroxyl groups is 1. The van der Waals surface area contributed by atoms with Gasteiger partial charge < -0.3 is 14.6 Å². The normalized spacial score (nSPS) is 11.3. The maximum absolute atomic E-state index is 13.9. The summed E-state index contributed by atoms with van der Waals surface area (Å²) in [4.78, 5) is 21.2. The highest BCUT2D eigenvalue weighted by atomic mass is 32.2. The minimum Gasteiger partial charge on any atom is -0.494 e. The van der Waals surface area contributed by atoms with Crippen molar-refractivity contribution in [3.63, 3.8) is 0 Å². The van der Waals surface area contributed by atoms with Crippen molar-refractivity contribution in [1.82, 2.24) is 14.5 Å². The van der Waals surface area contributed by atoms with Gasteiger partial charge in [-0.15, -0.1) is 0 Å². The Hall–Kier alpha value is -4.18. The minimum atomic E-state index is -4.45. The number of hydrogen-bond donors (Lipinski definition) is 1. The second-order valence-corrected chi connectivity index (χ2v) is 10.1. The minimum absolute atomic E-state index is 0.158. The first kappa shape index (κ1) is 25.9. The molecule has 0 bridgehead atoms. The van der Waals surface area contributed by atoms with Crippen molar-refractivity contribution in [2.45, 2.75) is 36.0 Å². The summed E-state index contributed by atoms with van der Waals surface area (Å²) < 4.78 is 39.4. The molecule has 37 heavy (non-hydrogen) atoms. The van der Waals surface area contributed by atoms with Gasteiger partial charge in [-0.2, -0.15) is 4.98 Å². The van der Waals surface area contributed by atoms with E-state index < -0.39 is 26.2 Å². The standard InChI is InChI=1S/C27H27N3O6S/c1-4-5-11-23-29-26(31)25(27(32)30(23)24-21(35-2)9-6-10-22(24)36-3)37(33,34)20-14-12-18(13-15-20)19-8-7-16-28-17-19/h6-10,12-17,31H,4-5,11H2,1-3H3. The van der Waals surface area contributed by atoms with Crippen molar-refractivity contribution in [2.24, 2.45) is 0 Å². The molecule has 0 atom stereocenters. The van der Waals surface area contributed by atoms with Gasteiger partial charge in [-0.25, -0.2) is 8.42 Å². The van der Waals surface area contributed by atoms with Crippen molar-refractivity contribution in [2.75, 3.05) is 14.2 Å². The summed E-state index contributed by atoms with van der Waals surface area (Å²) in [6, 6.07) is 14.6. The summed E-state index contributed by atoms with van der Waals surface area (Å²) in [5, 5.41) is 10.8. The molecule has 0 spiro atoms. The number of rotatable bonds is 9. The van der Waals surface area contributed by atoms with Gasteiger partial charge in [0.25, 0.3) is 5.56 Å². The Balaban J connectivity index is 1.94. The van der Waals surface area contributed by atoms with Gasteiger partial charge in [0.15, 0.2) is 4.90 Å². The lowest BCUT2D eigenvalue weighted by Gasteiger charge is -2.19. The van der Waals surface area contributed by atoms with E-state index in [4.69, 9.17) is 9.47 Å². The lowest BCUT2D eigenvalue weighted by atomic mass is 10.1. The third kappa shape index (κ3) is 4.92. The summed E-state index contributed by atoms with van der Waals surface area (Å²) in [6.45, 7) is 1.97. The van der Waals surface area contributed by atoms with Crippen molar-refractivity contribution in [3.8, 4) is 34.2 Å². The molecule has 0 aliphatic carbocycles. The number of pyridine rings is 1. The molecule has 0 radical (unpaired) electrons. The van der Waals surface area contributed by atoms with Crippen LogP contribution in [0.1, 0.15) is 25.6 Å². The predicted molar refractivity (Wildman–Crippen MR) is 138 cm³/mol. The molecular weight excluding hydrogens is 494 g/mol. The molecule has 0 fully saturated rings. The summed E-state index contributed by atoms with van der Waals surface area (Å²) in [7, 11) is -1.58. The molecule has 2 heterocycles. The molecule has 192 valence electrons. The predicted octanol–water partition coefficient (Wildman–Crippen LogP) is 4.19. The summed E-state index contributed by atoms with van der Waals surface area (Å²) in [6.07, 6.45) is 5.08. The molecule has 10 heteroatoms. The van der Waals surface area contributed by atoms with E-state index in [1.54, 1.807) is 48.8 Å². The fourth-order valence-corrected chi connectivity index (χ4v) is 5.37. The fourth-order valence-electron chi connectivity index (χ4n) is 4.04. The average Bonchev–Trinajstić information content (AvgIpc) is 2.92. The number of sulfone groups is 1. The van der Waals surface area contributed by atoms with E-state index in [0.717, 1.165) is 22.1 Å². The van der Waals surface area contributed by atoms with E-state index in [2.05, 4.69) is 9.97 Å². The number of unbranched alkanes of at least 4 members (excludes halogenated alkanes) is 1. The maximum Gasteiger partial charge on any atom is 0.281 e. The molecule has 0 amide bonds. The quantitative estimate of drug-likeness (QED) is 0.348. The lowest BCUT2D eigenvalue weighted by molar-refractivity contribution is 0.386. The molecule has 4 aromatic rings. The number of nitrogens with zero attached hydrogens (tertiary/aromatic N) is 3. The number of benzene rings is 2. The Morgan fingerprint density at radius 3 is 2.19 bits per heavy atom. The highest BCUT2D eigenvalue weighted by Gasteiger charge is 2.31. The Bertz CT molecular complexity index is 1540. The van der Waals surface area contributed by atoms with Crippen LogP contribution < -0.4 is 15.0 Å². The molecule has 4 rings (SSSR count). The van der Waals surface area contributed by atoms with Crippen LogP contribution in [0.4, 0.5) is 0 Å². The van der Waals surface area contributed by atoms with Crippen LogP contribution in [0.15, 0.2) is 81.6 Å². The number of methoxy groups -OCH3 is 2. The van der Waals surface area contributed by atoms with E-state index in [1.807, 2.05) is 13.0 Å². The first-order chi connectivity index (χ1) is 17.8. The Morgan fingerprint density at radius 1 is 0.946 bits per heavy atom. The second-order valence-electron chi connectivity index (χ2n) is 8.21. The van der Waals surface area contributed by atoms with Crippen LogP contribution in [0.2, 0.25) is 0 Å². The van der Waals surface area contributed by atoms with Crippen molar-refractivity contribution >= 4 is 9.84 Å². The summed E-state index contributed by atoms with van der Waals surface area (Å²) in [5.41, 5.74) is 0.819. The van der Waals surface area contributed by atoms with Crippen LogP contribution >= 0.6 is 0 Å². The van der Waals surface area contributed by atoms with Crippen molar-refractivity contribution in [1.29, 1.82) is 0 Å². The largest absolute Gasteiger partial charge is 0.494 e. The highest BCUT2D eigenvalue weighted by Crippen LogP contribution is 2.34. The Labute approximate surface area is 214 Å². The van der Waals surface area contributed by atoms with Crippen LogP contribution in [0.5, 0.6) is 17.4 Å². The Kier molecular flexibility index (Phi) is 7.58. The third-order valence-corrected chi connectivity index (χ3v) is 7.69. The third-order valence-electron chi connectivity index (χ3n) is 5.90. The van der Waals surface area contributed by atoms with Crippen LogP contribution in [0.3, 0.4) is 0 Å². The molecule has 2 aromatic heterocycles. The number of aromatic nitrogens is 3. The van der Waals surface area contributed by atoms with Gasteiger partial charge in [0.1, 0.15) is 23.0 Å². The SMILES string of the molecule is CCCCc1nc(O)c(S(=O)(=O)c2ccc(-c3cccnc3)cc2)c(=O)n1-c1c(OC)cccc1OC. The number of hydrogen-bond acceptors (Lipinski definition) is 8. The van der Waals surface area contributed by atoms with E-state index in [9.17, 15) is 18.3 Å².